The van der Waals surface area contributed by atoms with Crippen LogP contribution in [-0.4, -0.2) is 23.5 Å². The number of esters is 2. The van der Waals surface area contributed by atoms with E-state index >= 15 is 0 Å². The number of hydrogen-bond acceptors (Lipinski definition) is 4. The average Bonchev–Trinajstić information content (AvgIpc) is 3.23. The number of carbonyl (C=O) groups excluding carboxylic acids is 2. The van der Waals surface area contributed by atoms with Gasteiger partial charge in [-0.25, -0.2) is 4.79 Å². The van der Waals surface area contributed by atoms with E-state index in [0.29, 0.717) is 31.4 Å². The highest BCUT2D eigenvalue weighted by Crippen LogP contribution is 2.25. The fraction of sp³-hybridized carbons (Fsp3) is 0.448. The van der Waals surface area contributed by atoms with Gasteiger partial charge in [-0.05, 0) is 30.9 Å². The fourth-order valence-electron chi connectivity index (χ4n) is 4.13. The Balaban J connectivity index is 1.48. The van der Waals surface area contributed by atoms with Gasteiger partial charge in [0.15, 0.2) is 0 Å². The lowest BCUT2D eigenvalue weighted by Crippen LogP contribution is -2.10. The number of aromatic nitrogens is 1. The minimum atomic E-state index is -0.287. The van der Waals surface area contributed by atoms with E-state index in [1.165, 1.54) is 32.1 Å². The standard InChI is InChI=1S/C29H37NO4/c1-2-3-4-5-6-7-13-21-33-29(32)28-24-17-11-12-18-25(24)30-26(28)19-14-20-27(31)34-22-23-15-9-8-10-16-23/h8-12,15-18,30H,2-7,13-14,19-22H2,1H3. The Bertz CT molecular complexity index is 1030. The van der Waals surface area contributed by atoms with Gasteiger partial charge in [-0.15, -0.1) is 0 Å². The average molecular weight is 464 g/mol. The van der Waals surface area contributed by atoms with Gasteiger partial charge in [0.25, 0.3) is 0 Å². The normalized spacial score (nSPS) is 11.0. The van der Waals surface area contributed by atoms with E-state index in [-0.39, 0.29) is 18.5 Å². The van der Waals surface area contributed by atoms with Crippen LogP contribution < -0.4 is 0 Å². The molecule has 3 aromatic rings. The molecular weight excluding hydrogens is 426 g/mol. The summed E-state index contributed by atoms with van der Waals surface area (Å²) in [6.45, 7) is 2.94. The molecule has 0 aliphatic heterocycles. The van der Waals surface area contributed by atoms with E-state index in [1.54, 1.807) is 0 Å². The van der Waals surface area contributed by atoms with E-state index in [2.05, 4.69) is 11.9 Å². The summed E-state index contributed by atoms with van der Waals surface area (Å²) in [5, 5.41) is 0.869. The van der Waals surface area contributed by atoms with E-state index < -0.39 is 0 Å². The number of aromatic amines is 1. The summed E-state index contributed by atoms with van der Waals surface area (Å²) in [6.07, 6.45) is 9.73. The molecule has 0 saturated heterocycles. The lowest BCUT2D eigenvalue weighted by atomic mass is 10.1. The number of nitrogens with one attached hydrogen (secondary N) is 1. The van der Waals surface area contributed by atoms with Crippen molar-refractivity contribution in [2.45, 2.75) is 77.7 Å². The van der Waals surface area contributed by atoms with Crippen LogP contribution in [-0.2, 0) is 27.3 Å². The number of benzene rings is 2. The molecule has 5 nitrogen and oxygen atoms in total. The second-order valence-electron chi connectivity index (χ2n) is 8.78. The summed E-state index contributed by atoms with van der Waals surface area (Å²) in [4.78, 5) is 28.5. The number of para-hydroxylation sites is 1. The number of H-pyrrole nitrogens is 1. The molecule has 0 fully saturated rings. The monoisotopic (exact) mass is 463 g/mol. The molecule has 1 aromatic heterocycles. The van der Waals surface area contributed by atoms with Gasteiger partial charge in [-0.2, -0.15) is 0 Å². The zero-order valence-corrected chi connectivity index (χ0v) is 20.3. The predicted molar refractivity (Wildman–Crippen MR) is 136 cm³/mol. The van der Waals surface area contributed by atoms with Crippen molar-refractivity contribution in [2.24, 2.45) is 0 Å². The Kier molecular flexibility index (Phi) is 10.7. The molecule has 0 spiro atoms. The van der Waals surface area contributed by atoms with Crippen LogP contribution in [0.2, 0.25) is 0 Å². The molecule has 0 saturated carbocycles. The summed E-state index contributed by atoms with van der Waals surface area (Å²) in [5.74, 6) is -0.520. The Labute approximate surface area is 202 Å². The van der Waals surface area contributed by atoms with Gasteiger partial charge >= 0.3 is 11.9 Å². The van der Waals surface area contributed by atoms with Crippen LogP contribution in [0.4, 0.5) is 0 Å². The maximum atomic E-state index is 12.9. The van der Waals surface area contributed by atoms with Crippen molar-refractivity contribution in [2.75, 3.05) is 6.61 Å². The molecule has 2 aromatic carbocycles. The number of carbonyl (C=O) groups is 2. The van der Waals surface area contributed by atoms with Gasteiger partial charge in [-0.3, -0.25) is 4.79 Å². The topological polar surface area (TPSA) is 68.4 Å². The van der Waals surface area contributed by atoms with Gasteiger partial charge in [-0.1, -0.05) is 94.0 Å². The van der Waals surface area contributed by atoms with Crippen LogP contribution >= 0.6 is 0 Å². The molecule has 0 bridgehead atoms. The summed E-state index contributed by atoms with van der Waals surface area (Å²) in [7, 11) is 0. The van der Waals surface area contributed by atoms with Crippen molar-refractivity contribution in [1.82, 2.24) is 4.98 Å². The number of aryl methyl sites for hydroxylation is 1. The van der Waals surface area contributed by atoms with Crippen LogP contribution in [0, 0.1) is 0 Å². The summed E-state index contributed by atoms with van der Waals surface area (Å²) in [5.41, 5.74) is 3.29. The van der Waals surface area contributed by atoms with Crippen LogP contribution in [0.5, 0.6) is 0 Å². The molecule has 5 heteroatoms. The highest BCUT2D eigenvalue weighted by atomic mass is 16.5. The molecule has 34 heavy (non-hydrogen) atoms. The second kappa shape index (κ2) is 14.2. The number of rotatable bonds is 15. The molecular formula is C29H37NO4. The summed E-state index contributed by atoms with van der Waals surface area (Å²) < 4.78 is 11.0. The number of fused-ring (bicyclic) bond motifs is 1. The Morgan fingerprint density at radius 2 is 1.50 bits per heavy atom. The first-order valence-electron chi connectivity index (χ1n) is 12.6. The third-order valence-corrected chi connectivity index (χ3v) is 6.02. The van der Waals surface area contributed by atoms with E-state index in [0.717, 1.165) is 35.0 Å². The minimum Gasteiger partial charge on any atom is -0.462 e. The van der Waals surface area contributed by atoms with Crippen LogP contribution in [0.15, 0.2) is 54.6 Å². The van der Waals surface area contributed by atoms with Crippen molar-refractivity contribution < 1.29 is 19.1 Å². The molecule has 182 valence electrons. The lowest BCUT2D eigenvalue weighted by molar-refractivity contribution is -0.145. The highest BCUT2D eigenvalue weighted by molar-refractivity contribution is 6.05. The SMILES string of the molecule is CCCCCCCCCOC(=O)c1c(CCCC(=O)OCc2ccccc2)[nH]c2ccccc12. The molecule has 0 aliphatic carbocycles. The fourth-order valence-corrected chi connectivity index (χ4v) is 4.13. The molecule has 1 N–H and O–H groups in total. The van der Waals surface area contributed by atoms with E-state index in [4.69, 9.17) is 9.47 Å². The zero-order chi connectivity index (χ0) is 24.0. The Morgan fingerprint density at radius 1 is 0.794 bits per heavy atom. The number of unbranched alkanes of at least 4 members (excludes halogenated alkanes) is 6. The van der Waals surface area contributed by atoms with E-state index in [9.17, 15) is 9.59 Å². The molecule has 1 heterocycles. The largest absolute Gasteiger partial charge is 0.462 e. The van der Waals surface area contributed by atoms with Crippen molar-refractivity contribution in [3.63, 3.8) is 0 Å². The molecule has 0 amide bonds. The first kappa shape index (κ1) is 25.5. The van der Waals surface area contributed by atoms with Crippen molar-refractivity contribution in [3.8, 4) is 0 Å². The van der Waals surface area contributed by atoms with E-state index in [1.807, 2.05) is 54.6 Å². The summed E-state index contributed by atoms with van der Waals surface area (Å²) in [6, 6.07) is 17.4. The van der Waals surface area contributed by atoms with Crippen molar-refractivity contribution >= 4 is 22.8 Å². The van der Waals surface area contributed by atoms with Gasteiger partial charge in [0.1, 0.15) is 6.61 Å². The number of ether oxygens (including phenoxy) is 2. The molecule has 0 atom stereocenters. The maximum absolute atomic E-state index is 12.9. The second-order valence-corrected chi connectivity index (χ2v) is 8.78. The molecule has 0 aliphatic rings. The Morgan fingerprint density at radius 3 is 2.29 bits per heavy atom. The van der Waals surface area contributed by atoms with Gasteiger partial charge in [0.05, 0.1) is 12.2 Å². The first-order valence-corrected chi connectivity index (χ1v) is 12.6. The lowest BCUT2D eigenvalue weighted by Gasteiger charge is -2.08. The molecule has 3 rings (SSSR count). The number of hydrogen-bond donors (Lipinski definition) is 1. The molecule has 0 unspecified atom stereocenters. The van der Waals surface area contributed by atoms with Crippen molar-refractivity contribution in [3.05, 3.63) is 71.4 Å². The van der Waals surface area contributed by atoms with Crippen molar-refractivity contribution in [1.29, 1.82) is 0 Å². The van der Waals surface area contributed by atoms with Gasteiger partial charge in [0.2, 0.25) is 0 Å². The summed E-state index contributed by atoms with van der Waals surface area (Å²) >= 11 is 0. The van der Waals surface area contributed by atoms with Crippen LogP contribution in [0.25, 0.3) is 10.9 Å². The third-order valence-electron chi connectivity index (χ3n) is 6.02. The van der Waals surface area contributed by atoms with Gasteiger partial charge < -0.3 is 14.5 Å². The smallest absolute Gasteiger partial charge is 0.340 e. The Hall–Kier alpha value is -3.08. The van der Waals surface area contributed by atoms with Gasteiger partial charge in [0, 0.05) is 23.0 Å². The van der Waals surface area contributed by atoms with Crippen LogP contribution in [0.1, 0.15) is 86.3 Å². The zero-order valence-electron chi connectivity index (χ0n) is 20.3. The molecule has 0 radical (unpaired) electrons. The third kappa shape index (κ3) is 8.05. The predicted octanol–water partition coefficient (Wildman–Crippen LogP) is 7.14. The highest BCUT2D eigenvalue weighted by Gasteiger charge is 2.19. The first-order chi connectivity index (χ1) is 16.7. The maximum Gasteiger partial charge on any atom is 0.340 e. The quantitative estimate of drug-likeness (QED) is 0.192. The van der Waals surface area contributed by atoms with Crippen LogP contribution in [0.3, 0.4) is 0 Å². The minimum absolute atomic E-state index is 0.233.